The fourth-order valence-corrected chi connectivity index (χ4v) is 6.23. The molecule has 1 aromatic carbocycles. The molecule has 1 aliphatic heterocycles. The summed E-state index contributed by atoms with van der Waals surface area (Å²) in [6.07, 6.45) is 0.379. The third kappa shape index (κ3) is 4.00. The number of thiazole rings is 1. The minimum atomic E-state index is -3.09. The van der Waals surface area contributed by atoms with E-state index in [4.69, 9.17) is 0 Å². The van der Waals surface area contributed by atoms with Gasteiger partial charge in [0.05, 0.1) is 23.1 Å². The molecule has 0 spiro atoms. The fourth-order valence-electron chi connectivity index (χ4n) is 3.78. The largest absolute Gasteiger partial charge is 0.318 e. The van der Waals surface area contributed by atoms with Crippen LogP contribution in [-0.2, 0) is 14.6 Å². The number of nitrogens with one attached hydrogen (secondary N) is 1. The molecule has 29 heavy (non-hydrogen) atoms. The topological polar surface area (TPSA) is 81.1 Å². The van der Waals surface area contributed by atoms with E-state index in [9.17, 15) is 13.2 Å². The van der Waals surface area contributed by atoms with Gasteiger partial charge in [-0.3, -0.25) is 4.79 Å². The first-order valence-electron chi connectivity index (χ1n) is 9.47. The van der Waals surface area contributed by atoms with Crippen molar-refractivity contribution in [3.8, 4) is 16.9 Å². The smallest absolute Gasteiger partial charge is 0.230 e. The van der Waals surface area contributed by atoms with Gasteiger partial charge in [0.1, 0.15) is 0 Å². The molecule has 1 amide bonds. The molecule has 8 heteroatoms. The number of nitrogens with zero attached hydrogens (tertiary/aromatic N) is 2. The summed E-state index contributed by atoms with van der Waals surface area (Å²) in [6, 6.07) is 10.5. The Balaban J connectivity index is 1.56. The van der Waals surface area contributed by atoms with Crippen LogP contribution < -0.4 is 5.32 Å². The van der Waals surface area contributed by atoms with Gasteiger partial charge >= 0.3 is 0 Å². The van der Waals surface area contributed by atoms with E-state index in [0.717, 1.165) is 28.3 Å². The molecule has 0 unspecified atom stereocenters. The Morgan fingerprint density at radius 2 is 1.93 bits per heavy atom. The molecule has 0 bridgehead atoms. The molecule has 4 rings (SSSR count). The summed E-state index contributed by atoms with van der Waals surface area (Å²) in [6.45, 7) is 6.19. The molecule has 2 aromatic heterocycles. The molecule has 1 atom stereocenters. The molecule has 0 aliphatic carbocycles. The maximum absolute atomic E-state index is 12.4. The van der Waals surface area contributed by atoms with Crippen LogP contribution in [0.25, 0.3) is 16.9 Å². The van der Waals surface area contributed by atoms with Crippen LogP contribution in [0.15, 0.2) is 35.7 Å². The third-order valence-corrected chi connectivity index (χ3v) is 7.86. The number of amides is 1. The number of anilines is 1. The van der Waals surface area contributed by atoms with Crippen molar-refractivity contribution in [2.75, 3.05) is 16.8 Å². The van der Waals surface area contributed by atoms with Crippen molar-refractivity contribution in [2.24, 2.45) is 5.92 Å². The van der Waals surface area contributed by atoms with Gasteiger partial charge in [-0.2, -0.15) is 0 Å². The number of carbonyl (C=O) groups is 1. The van der Waals surface area contributed by atoms with Crippen LogP contribution in [0.3, 0.4) is 0 Å². The predicted molar refractivity (Wildman–Crippen MR) is 116 cm³/mol. The molecule has 3 aromatic rings. The van der Waals surface area contributed by atoms with Crippen molar-refractivity contribution in [2.45, 2.75) is 27.2 Å². The minimum absolute atomic E-state index is 0.0746. The monoisotopic (exact) mass is 429 g/mol. The maximum Gasteiger partial charge on any atom is 0.230 e. The van der Waals surface area contributed by atoms with Crippen molar-refractivity contribution in [3.05, 3.63) is 52.7 Å². The van der Waals surface area contributed by atoms with E-state index in [2.05, 4.69) is 66.0 Å². The van der Waals surface area contributed by atoms with Gasteiger partial charge < -0.3 is 9.88 Å². The normalized spacial score (nSPS) is 18.1. The summed E-state index contributed by atoms with van der Waals surface area (Å²) in [5.74, 6) is -0.746. The number of hydrogen-bond acceptors (Lipinski definition) is 5. The number of aromatic nitrogens is 2. The Kier molecular flexibility index (Phi) is 5.08. The summed E-state index contributed by atoms with van der Waals surface area (Å²) >= 11 is 1.35. The van der Waals surface area contributed by atoms with Crippen molar-refractivity contribution < 1.29 is 13.2 Å². The second-order valence-electron chi connectivity index (χ2n) is 7.58. The zero-order valence-electron chi connectivity index (χ0n) is 16.6. The lowest BCUT2D eigenvalue weighted by Gasteiger charge is -2.10. The molecule has 6 nitrogen and oxygen atoms in total. The maximum atomic E-state index is 12.4. The molecule has 152 valence electrons. The molecule has 1 saturated heterocycles. The van der Waals surface area contributed by atoms with E-state index in [0.29, 0.717) is 11.6 Å². The highest BCUT2D eigenvalue weighted by atomic mass is 32.2. The molecular formula is C21H23N3O3S2. The summed E-state index contributed by atoms with van der Waals surface area (Å²) in [5, 5.41) is 5.20. The van der Waals surface area contributed by atoms with Crippen LogP contribution in [0.2, 0.25) is 0 Å². The average Bonchev–Trinajstić information content (AvgIpc) is 3.34. The highest BCUT2D eigenvalue weighted by Crippen LogP contribution is 2.32. The van der Waals surface area contributed by atoms with Crippen LogP contribution >= 0.6 is 11.3 Å². The number of rotatable bonds is 4. The van der Waals surface area contributed by atoms with E-state index < -0.39 is 15.8 Å². The first-order valence-corrected chi connectivity index (χ1v) is 12.2. The van der Waals surface area contributed by atoms with Crippen LogP contribution in [0.1, 0.15) is 23.4 Å². The first-order chi connectivity index (χ1) is 13.7. The second kappa shape index (κ2) is 7.42. The summed E-state index contributed by atoms with van der Waals surface area (Å²) in [5.41, 5.74) is 6.32. The zero-order valence-corrected chi connectivity index (χ0v) is 18.2. The summed E-state index contributed by atoms with van der Waals surface area (Å²) < 4.78 is 25.4. The molecule has 1 aliphatic rings. The van der Waals surface area contributed by atoms with Gasteiger partial charge in [-0.1, -0.05) is 17.7 Å². The molecule has 1 N–H and O–H groups in total. The van der Waals surface area contributed by atoms with Gasteiger partial charge in [0.15, 0.2) is 15.0 Å². The van der Waals surface area contributed by atoms with Crippen molar-refractivity contribution in [1.29, 1.82) is 0 Å². The van der Waals surface area contributed by atoms with E-state index in [1.807, 2.05) is 5.38 Å². The molecule has 0 radical (unpaired) electrons. The Labute approximate surface area is 174 Å². The molecule has 3 heterocycles. The van der Waals surface area contributed by atoms with Crippen LogP contribution in [0, 0.1) is 26.7 Å². The number of sulfone groups is 1. The molecule has 0 saturated carbocycles. The van der Waals surface area contributed by atoms with Gasteiger partial charge in [-0.15, -0.1) is 11.3 Å². The van der Waals surface area contributed by atoms with E-state index >= 15 is 0 Å². The summed E-state index contributed by atoms with van der Waals surface area (Å²) in [4.78, 5) is 16.9. The molecule has 1 fully saturated rings. The standard InChI is InChI=1S/C21H23N3O3S2/c1-13-4-6-17(7-5-13)24-14(2)10-18(15(24)3)19-11-28-21(22-19)23-20(25)16-8-9-29(26,27)12-16/h4-7,10-11,16H,8-9,12H2,1-3H3,(H,22,23,25)/t16-/m1/s1. The Morgan fingerprint density at radius 1 is 1.21 bits per heavy atom. The Bertz CT molecular complexity index is 1170. The van der Waals surface area contributed by atoms with E-state index in [1.54, 1.807) is 0 Å². The quantitative estimate of drug-likeness (QED) is 0.682. The first kappa shape index (κ1) is 19.8. The second-order valence-corrected chi connectivity index (χ2v) is 10.7. The lowest BCUT2D eigenvalue weighted by atomic mass is 10.1. The SMILES string of the molecule is Cc1ccc(-n2c(C)cc(-c3csc(NC(=O)[C@@H]4CCS(=O)(=O)C4)n3)c2C)cc1. The van der Waals surface area contributed by atoms with E-state index in [1.165, 1.54) is 16.9 Å². The van der Waals surface area contributed by atoms with Gasteiger partial charge in [0.2, 0.25) is 5.91 Å². The van der Waals surface area contributed by atoms with Crippen molar-refractivity contribution in [1.82, 2.24) is 9.55 Å². The predicted octanol–water partition coefficient (Wildman–Crippen LogP) is 3.90. The van der Waals surface area contributed by atoms with Gasteiger partial charge in [-0.05, 0) is 45.4 Å². The number of carbonyl (C=O) groups excluding carboxylic acids is 1. The fraction of sp³-hybridized carbons (Fsp3) is 0.333. The Hall–Kier alpha value is -2.45. The van der Waals surface area contributed by atoms with Gasteiger partial charge in [0.25, 0.3) is 0 Å². The molecular weight excluding hydrogens is 406 g/mol. The third-order valence-electron chi connectivity index (χ3n) is 5.34. The number of aryl methyl sites for hydroxylation is 2. The lowest BCUT2D eigenvalue weighted by molar-refractivity contribution is -0.119. The summed E-state index contributed by atoms with van der Waals surface area (Å²) in [7, 11) is -3.09. The average molecular weight is 430 g/mol. The Morgan fingerprint density at radius 3 is 2.59 bits per heavy atom. The van der Waals surface area contributed by atoms with Crippen LogP contribution in [0.5, 0.6) is 0 Å². The van der Waals surface area contributed by atoms with Crippen LogP contribution in [0.4, 0.5) is 5.13 Å². The van der Waals surface area contributed by atoms with Crippen molar-refractivity contribution in [3.63, 3.8) is 0 Å². The minimum Gasteiger partial charge on any atom is -0.318 e. The lowest BCUT2D eigenvalue weighted by Crippen LogP contribution is -2.23. The van der Waals surface area contributed by atoms with Crippen molar-refractivity contribution >= 4 is 32.2 Å². The van der Waals surface area contributed by atoms with Crippen LogP contribution in [-0.4, -0.2) is 35.4 Å². The zero-order chi connectivity index (χ0) is 20.8. The highest BCUT2D eigenvalue weighted by Gasteiger charge is 2.33. The van der Waals surface area contributed by atoms with E-state index in [-0.39, 0.29) is 17.4 Å². The number of hydrogen-bond donors (Lipinski definition) is 1. The number of benzene rings is 1. The van der Waals surface area contributed by atoms with Gasteiger partial charge in [-0.25, -0.2) is 13.4 Å². The van der Waals surface area contributed by atoms with Gasteiger partial charge in [0, 0.05) is 28.0 Å². The highest BCUT2D eigenvalue weighted by molar-refractivity contribution is 7.91.